The highest BCUT2D eigenvalue weighted by Crippen LogP contribution is 2.24. The molecule has 2 aromatic rings. The van der Waals surface area contributed by atoms with Crippen molar-refractivity contribution in [1.82, 2.24) is 4.98 Å². The van der Waals surface area contributed by atoms with E-state index in [1.54, 1.807) is 7.11 Å². The molecule has 0 unspecified atom stereocenters. The third-order valence-electron chi connectivity index (χ3n) is 2.54. The number of aryl methyl sites for hydroxylation is 1. The summed E-state index contributed by atoms with van der Waals surface area (Å²) in [5.41, 5.74) is 3.69. The summed E-state index contributed by atoms with van der Waals surface area (Å²) in [4.78, 5) is 13.7. The number of aromatic nitrogens is 1. The summed E-state index contributed by atoms with van der Waals surface area (Å²) in [6, 6.07) is 9.57. The average Bonchev–Trinajstić information content (AvgIpc) is 2.71. The van der Waals surface area contributed by atoms with Crippen LogP contribution in [-0.4, -0.2) is 18.4 Å². The van der Waals surface area contributed by atoms with Crippen molar-refractivity contribution in [3.63, 3.8) is 0 Å². The van der Waals surface area contributed by atoms with Gasteiger partial charge in [0.15, 0.2) is 6.29 Å². The monoisotopic (exact) mass is 215 g/mol. The molecule has 0 fully saturated rings. The molecule has 82 valence electrons. The number of hydrogen-bond donors (Lipinski definition) is 1. The molecule has 0 aliphatic rings. The Kier molecular flexibility index (Phi) is 2.77. The van der Waals surface area contributed by atoms with E-state index in [-0.39, 0.29) is 0 Å². The molecule has 0 aliphatic carbocycles. The lowest BCUT2D eigenvalue weighted by molar-refractivity contribution is 0.111. The number of rotatable bonds is 3. The molecule has 3 nitrogen and oxygen atoms in total. The Balaban J connectivity index is 2.41. The first-order valence-corrected chi connectivity index (χ1v) is 5.04. The van der Waals surface area contributed by atoms with Gasteiger partial charge in [0, 0.05) is 5.69 Å². The lowest BCUT2D eigenvalue weighted by atomic mass is 10.1. The Hall–Kier alpha value is -2.03. The molecule has 0 saturated heterocycles. The van der Waals surface area contributed by atoms with Crippen LogP contribution in [0.15, 0.2) is 30.3 Å². The van der Waals surface area contributed by atoms with Gasteiger partial charge in [0.25, 0.3) is 0 Å². The summed E-state index contributed by atoms with van der Waals surface area (Å²) in [6.45, 7) is 1.98. The van der Waals surface area contributed by atoms with Crippen LogP contribution in [0.3, 0.4) is 0 Å². The lowest BCUT2D eigenvalue weighted by Gasteiger charge is -2.02. The van der Waals surface area contributed by atoms with Crippen LogP contribution in [0.5, 0.6) is 5.75 Å². The molecule has 0 bridgehead atoms. The molecular weight excluding hydrogens is 202 g/mol. The maximum absolute atomic E-state index is 10.7. The van der Waals surface area contributed by atoms with Gasteiger partial charge in [-0.2, -0.15) is 0 Å². The molecule has 1 aromatic heterocycles. The highest BCUT2D eigenvalue weighted by Gasteiger charge is 2.06. The summed E-state index contributed by atoms with van der Waals surface area (Å²) in [5.74, 6) is 0.823. The Morgan fingerprint density at radius 1 is 1.25 bits per heavy atom. The van der Waals surface area contributed by atoms with Crippen molar-refractivity contribution in [1.29, 1.82) is 0 Å². The number of methoxy groups -OCH3 is 1. The molecule has 0 radical (unpaired) electrons. The van der Waals surface area contributed by atoms with Gasteiger partial charge in [0.2, 0.25) is 0 Å². The molecule has 2 rings (SSSR count). The van der Waals surface area contributed by atoms with Crippen molar-refractivity contribution >= 4 is 6.29 Å². The van der Waals surface area contributed by atoms with Crippen LogP contribution in [0.4, 0.5) is 0 Å². The largest absolute Gasteiger partial charge is 0.497 e. The van der Waals surface area contributed by atoms with Gasteiger partial charge in [-0.25, -0.2) is 0 Å². The number of H-pyrrole nitrogens is 1. The fraction of sp³-hybridized carbons (Fsp3) is 0.154. The van der Waals surface area contributed by atoms with Crippen molar-refractivity contribution in [3.8, 4) is 17.0 Å². The second kappa shape index (κ2) is 4.23. The zero-order chi connectivity index (χ0) is 11.5. The highest BCUT2D eigenvalue weighted by molar-refractivity contribution is 5.77. The first-order chi connectivity index (χ1) is 7.74. The maximum atomic E-state index is 10.7. The summed E-state index contributed by atoms with van der Waals surface area (Å²) in [7, 11) is 1.64. The minimum Gasteiger partial charge on any atom is -0.497 e. The number of aromatic amines is 1. The van der Waals surface area contributed by atoms with Crippen LogP contribution in [-0.2, 0) is 0 Å². The number of nitrogens with one attached hydrogen (secondary N) is 1. The summed E-state index contributed by atoms with van der Waals surface area (Å²) in [5, 5.41) is 0. The molecular formula is C13H13NO2. The second-order valence-electron chi connectivity index (χ2n) is 3.63. The van der Waals surface area contributed by atoms with E-state index in [2.05, 4.69) is 4.98 Å². The highest BCUT2D eigenvalue weighted by atomic mass is 16.5. The first kappa shape index (κ1) is 10.5. The van der Waals surface area contributed by atoms with Crippen LogP contribution in [0.2, 0.25) is 0 Å². The second-order valence-corrected chi connectivity index (χ2v) is 3.63. The number of hydrogen-bond acceptors (Lipinski definition) is 2. The Morgan fingerprint density at radius 3 is 2.44 bits per heavy atom. The van der Waals surface area contributed by atoms with E-state index in [9.17, 15) is 4.79 Å². The fourth-order valence-corrected chi connectivity index (χ4v) is 1.71. The lowest BCUT2D eigenvalue weighted by Crippen LogP contribution is -1.84. The van der Waals surface area contributed by atoms with E-state index >= 15 is 0 Å². The van der Waals surface area contributed by atoms with Gasteiger partial charge in [-0.15, -0.1) is 0 Å². The van der Waals surface area contributed by atoms with Gasteiger partial charge >= 0.3 is 0 Å². The maximum Gasteiger partial charge on any atom is 0.166 e. The molecule has 0 aliphatic heterocycles. The van der Waals surface area contributed by atoms with Gasteiger partial charge in [0.1, 0.15) is 5.75 Å². The van der Waals surface area contributed by atoms with Gasteiger partial charge in [0.05, 0.1) is 12.8 Å². The molecule has 1 N–H and O–H groups in total. The molecule has 0 saturated carbocycles. The van der Waals surface area contributed by atoms with Gasteiger partial charge < -0.3 is 9.72 Å². The SMILES string of the molecule is COc1ccc(-c2[nH]c(C=O)cc2C)cc1. The number of carbonyl (C=O) groups excluding carboxylic acids is 1. The molecule has 1 aromatic carbocycles. The van der Waals surface area contributed by atoms with E-state index in [1.807, 2.05) is 37.3 Å². The molecule has 1 heterocycles. The van der Waals surface area contributed by atoms with Crippen LogP contribution >= 0.6 is 0 Å². The standard InChI is InChI=1S/C13H13NO2/c1-9-7-11(8-15)14-13(9)10-3-5-12(16-2)6-4-10/h3-8,14H,1-2H3. The summed E-state index contributed by atoms with van der Waals surface area (Å²) < 4.78 is 5.10. The van der Waals surface area contributed by atoms with Gasteiger partial charge in [-0.3, -0.25) is 4.79 Å². The van der Waals surface area contributed by atoms with E-state index in [4.69, 9.17) is 4.74 Å². The summed E-state index contributed by atoms with van der Waals surface area (Å²) in [6.07, 6.45) is 0.819. The summed E-state index contributed by atoms with van der Waals surface area (Å²) >= 11 is 0. The average molecular weight is 215 g/mol. The Labute approximate surface area is 94.1 Å². The smallest absolute Gasteiger partial charge is 0.166 e. The van der Waals surface area contributed by atoms with Gasteiger partial charge in [-0.1, -0.05) is 0 Å². The van der Waals surface area contributed by atoms with Crippen LogP contribution in [0.25, 0.3) is 11.3 Å². The zero-order valence-electron chi connectivity index (χ0n) is 9.28. The van der Waals surface area contributed by atoms with Gasteiger partial charge in [-0.05, 0) is 48.4 Å². The number of benzene rings is 1. The predicted octanol–water partition coefficient (Wildman–Crippen LogP) is 2.81. The minimum absolute atomic E-state index is 0.600. The quantitative estimate of drug-likeness (QED) is 0.800. The van der Waals surface area contributed by atoms with Crippen molar-refractivity contribution in [2.45, 2.75) is 6.92 Å². The molecule has 0 atom stereocenters. The molecule has 16 heavy (non-hydrogen) atoms. The third-order valence-corrected chi connectivity index (χ3v) is 2.54. The van der Waals surface area contributed by atoms with Crippen LogP contribution < -0.4 is 4.74 Å². The third kappa shape index (κ3) is 1.84. The van der Waals surface area contributed by atoms with E-state index < -0.39 is 0 Å². The normalized spacial score (nSPS) is 10.1. The Morgan fingerprint density at radius 2 is 1.94 bits per heavy atom. The van der Waals surface area contributed by atoms with Crippen molar-refractivity contribution in [2.24, 2.45) is 0 Å². The van der Waals surface area contributed by atoms with E-state index in [1.165, 1.54) is 0 Å². The molecule has 0 spiro atoms. The van der Waals surface area contributed by atoms with Crippen LogP contribution in [0.1, 0.15) is 16.1 Å². The van der Waals surface area contributed by atoms with Crippen molar-refractivity contribution < 1.29 is 9.53 Å². The fourth-order valence-electron chi connectivity index (χ4n) is 1.71. The van der Waals surface area contributed by atoms with Crippen molar-refractivity contribution in [3.05, 3.63) is 41.6 Å². The number of ether oxygens (including phenoxy) is 1. The van der Waals surface area contributed by atoms with E-state index in [0.29, 0.717) is 5.69 Å². The Bertz CT molecular complexity index is 497. The topological polar surface area (TPSA) is 42.1 Å². The zero-order valence-corrected chi connectivity index (χ0v) is 9.28. The number of aldehydes is 1. The molecule has 3 heteroatoms. The van der Waals surface area contributed by atoms with Crippen LogP contribution in [0, 0.1) is 6.92 Å². The minimum atomic E-state index is 0.600. The predicted molar refractivity (Wildman–Crippen MR) is 62.9 cm³/mol. The van der Waals surface area contributed by atoms with Crippen molar-refractivity contribution in [2.75, 3.05) is 7.11 Å². The van der Waals surface area contributed by atoms with E-state index in [0.717, 1.165) is 28.9 Å². The molecule has 0 amide bonds. The first-order valence-electron chi connectivity index (χ1n) is 5.04. The number of carbonyl (C=O) groups is 1.